The molecule has 0 atom stereocenters. The molecule has 0 amide bonds. The summed E-state index contributed by atoms with van der Waals surface area (Å²) in [5, 5.41) is 16.7. The lowest BCUT2D eigenvalue weighted by Crippen LogP contribution is -2.26. The van der Waals surface area contributed by atoms with E-state index in [1.165, 1.54) is 0 Å². The third-order valence-electron chi connectivity index (χ3n) is 2.42. The van der Waals surface area contributed by atoms with Gasteiger partial charge in [0.15, 0.2) is 5.76 Å². The van der Waals surface area contributed by atoms with Crippen molar-refractivity contribution in [2.45, 2.75) is 13.5 Å². The second-order valence-corrected chi connectivity index (χ2v) is 3.57. The van der Waals surface area contributed by atoms with Crippen LogP contribution in [0.25, 0.3) is 11.7 Å². The molecular formula is C11H15N3O3. The van der Waals surface area contributed by atoms with Crippen LogP contribution >= 0.6 is 0 Å². The van der Waals surface area contributed by atoms with Crippen LogP contribution in [0.5, 0.6) is 0 Å². The molecule has 6 nitrogen and oxygen atoms in total. The van der Waals surface area contributed by atoms with Gasteiger partial charge in [0.05, 0.1) is 19.4 Å². The van der Waals surface area contributed by atoms with Crippen LogP contribution in [0.1, 0.15) is 12.8 Å². The van der Waals surface area contributed by atoms with Gasteiger partial charge in [0.2, 0.25) is 5.89 Å². The van der Waals surface area contributed by atoms with Crippen LogP contribution in [-0.2, 0) is 6.54 Å². The molecule has 1 N–H and O–H groups in total. The van der Waals surface area contributed by atoms with Crippen molar-refractivity contribution in [2.75, 3.05) is 19.7 Å². The Hall–Kier alpha value is -1.66. The maximum absolute atomic E-state index is 8.88. The molecule has 0 fully saturated rings. The van der Waals surface area contributed by atoms with Crippen LogP contribution in [-0.4, -0.2) is 39.9 Å². The van der Waals surface area contributed by atoms with E-state index in [9.17, 15) is 0 Å². The van der Waals surface area contributed by atoms with E-state index in [0.717, 1.165) is 6.54 Å². The Morgan fingerprint density at radius 1 is 1.41 bits per heavy atom. The molecule has 2 aromatic heterocycles. The van der Waals surface area contributed by atoms with Crippen molar-refractivity contribution >= 4 is 0 Å². The quantitative estimate of drug-likeness (QED) is 0.812. The van der Waals surface area contributed by atoms with Gasteiger partial charge in [-0.05, 0) is 18.7 Å². The summed E-state index contributed by atoms with van der Waals surface area (Å²) in [7, 11) is 0. The first kappa shape index (κ1) is 11.8. The number of likely N-dealkylation sites (N-methyl/N-ethyl adjacent to an activating group) is 1. The molecule has 2 aromatic rings. The van der Waals surface area contributed by atoms with E-state index in [1.54, 1.807) is 18.4 Å². The molecule has 6 heteroatoms. The van der Waals surface area contributed by atoms with E-state index in [-0.39, 0.29) is 6.61 Å². The highest BCUT2D eigenvalue weighted by molar-refractivity contribution is 5.42. The Kier molecular flexibility index (Phi) is 3.89. The van der Waals surface area contributed by atoms with Crippen molar-refractivity contribution in [3.05, 3.63) is 24.3 Å². The van der Waals surface area contributed by atoms with Crippen molar-refractivity contribution in [2.24, 2.45) is 0 Å². The van der Waals surface area contributed by atoms with Crippen molar-refractivity contribution in [3.8, 4) is 11.7 Å². The van der Waals surface area contributed by atoms with E-state index in [0.29, 0.717) is 30.6 Å². The van der Waals surface area contributed by atoms with Crippen LogP contribution in [0, 0.1) is 0 Å². The molecular weight excluding hydrogens is 222 g/mol. The summed E-state index contributed by atoms with van der Waals surface area (Å²) in [6.07, 6.45) is 1.56. The highest BCUT2D eigenvalue weighted by Crippen LogP contribution is 2.18. The normalized spacial score (nSPS) is 11.2. The Morgan fingerprint density at radius 2 is 2.29 bits per heavy atom. The van der Waals surface area contributed by atoms with Crippen LogP contribution < -0.4 is 0 Å². The van der Waals surface area contributed by atoms with Crippen LogP contribution in [0.4, 0.5) is 0 Å². The number of aliphatic hydroxyl groups is 1. The molecule has 0 bridgehead atoms. The maximum Gasteiger partial charge on any atom is 0.283 e. The topological polar surface area (TPSA) is 75.5 Å². The Labute approximate surface area is 98.9 Å². The van der Waals surface area contributed by atoms with Crippen LogP contribution in [0.2, 0.25) is 0 Å². The predicted molar refractivity (Wildman–Crippen MR) is 60.0 cm³/mol. The molecule has 2 heterocycles. The van der Waals surface area contributed by atoms with Gasteiger partial charge in [0, 0.05) is 6.54 Å². The lowest BCUT2D eigenvalue weighted by molar-refractivity contribution is 0.185. The molecule has 0 saturated carbocycles. The van der Waals surface area contributed by atoms with Gasteiger partial charge in [0.1, 0.15) is 0 Å². The number of hydrogen-bond acceptors (Lipinski definition) is 6. The van der Waals surface area contributed by atoms with Gasteiger partial charge in [0.25, 0.3) is 5.89 Å². The molecule has 92 valence electrons. The smallest absolute Gasteiger partial charge is 0.283 e. The summed E-state index contributed by atoms with van der Waals surface area (Å²) in [5.41, 5.74) is 0. The van der Waals surface area contributed by atoms with E-state index in [2.05, 4.69) is 10.2 Å². The predicted octanol–water partition coefficient (Wildman–Crippen LogP) is 1.14. The second-order valence-electron chi connectivity index (χ2n) is 3.57. The zero-order chi connectivity index (χ0) is 12.1. The molecule has 0 unspecified atom stereocenters. The van der Waals surface area contributed by atoms with Gasteiger partial charge in [-0.3, -0.25) is 4.90 Å². The minimum atomic E-state index is 0.118. The number of aliphatic hydroxyl groups excluding tert-OH is 1. The zero-order valence-corrected chi connectivity index (χ0v) is 9.67. The molecule has 0 aliphatic rings. The van der Waals surface area contributed by atoms with Gasteiger partial charge < -0.3 is 13.9 Å². The molecule has 0 aliphatic heterocycles. The standard InChI is InChI=1S/C11H15N3O3/c1-2-14(5-6-15)8-10-12-13-11(17-10)9-4-3-7-16-9/h3-4,7,15H,2,5-6,8H2,1H3. The number of rotatable bonds is 6. The lowest BCUT2D eigenvalue weighted by Gasteiger charge is -2.15. The molecule has 0 aliphatic carbocycles. The van der Waals surface area contributed by atoms with Crippen molar-refractivity contribution < 1.29 is 13.9 Å². The summed E-state index contributed by atoms with van der Waals surface area (Å²) in [5.74, 6) is 1.46. The fraction of sp³-hybridized carbons (Fsp3) is 0.455. The highest BCUT2D eigenvalue weighted by Gasteiger charge is 2.12. The molecule has 0 spiro atoms. The number of aromatic nitrogens is 2. The summed E-state index contributed by atoms with van der Waals surface area (Å²) >= 11 is 0. The SMILES string of the molecule is CCN(CCO)Cc1nnc(-c2ccco2)o1. The average Bonchev–Trinajstić information content (AvgIpc) is 2.98. The first-order valence-corrected chi connectivity index (χ1v) is 5.53. The minimum Gasteiger partial charge on any atom is -0.459 e. The number of furan rings is 1. The minimum absolute atomic E-state index is 0.118. The largest absolute Gasteiger partial charge is 0.459 e. The molecule has 0 aromatic carbocycles. The van der Waals surface area contributed by atoms with Gasteiger partial charge in [-0.2, -0.15) is 0 Å². The lowest BCUT2D eigenvalue weighted by atomic mass is 10.4. The first-order valence-electron chi connectivity index (χ1n) is 5.53. The summed E-state index contributed by atoms with van der Waals surface area (Å²) < 4.78 is 10.6. The number of nitrogens with zero attached hydrogens (tertiary/aromatic N) is 3. The summed E-state index contributed by atoms with van der Waals surface area (Å²) in [4.78, 5) is 2.01. The fourth-order valence-corrected chi connectivity index (χ4v) is 1.50. The van der Waals surface area contributed by atoms with E-state index in [4.69, 9.17) is 13.9 Å². The first-order chi connectivity index (χ1) is 8.33. The Morgan fingerprint density at radius 3 is 2.94 bits per heavy atom. The third kappa shape index (κ3) is 2.92. The summed E-state index contributed by atoms with van der Waals surface area (Å²) in [6, 6.07) is 3.53. The van der Waals surface area contributed by atoms with Gasteiger partial charge in [-0.25, -0.2) is 0 Å². The van der Waals surface area contributed by atoms with Gasteiger partial charge in [-0.1, -0.05) is 6.92 Å². The number of hydrogen-bond donors (Lipinski definition) is 1. The van der Waals surface area contributed by atoms with Crippen molar-refractivity contribution in [3.63, 3.8) is 0 Å². The molecule has 2 rings (SSSR count). The Bertz CT molecular complexity index is 439. The van der Waals surface area contributed by atoms with Crippen LogP contribution in [0.3, 0.4) is 0 Å². The maximum atomic E-state index is 8.88. The van der Waals surface area contributed by atoms with E-state index < -0.39 is 0 Å². The van der Waals surface area contributed by atoms with E-state index >= 15 is 0 Å². The molecule has 17 heavy (non-hydrogen) atoms. The average molecular weight is 237 g/mol. The molecule has 0 saturated heterocycles. The zero-order valence-electron chi connectivity index (χ0n) is 9.67. The van der Waals surface area contributed by atoms with E-state index in [1.807, 2.05) is 11.8 Å². The molecule has 0 radical (unpaired) electrons. The van der Waals surface area contributed by atoms with Gasteiger partial charge in [-0.15, -0.1) is 10.2 Å². The monoisotopic (exact) mass is 237 g/mol. The fourth-order valence-electron chi connectivity index (χ4n) is 1.50. The third-order valence-corrected chi connectivity index (χ3v) is 2.42. The van der Waals surface area contributed by atoms with Crippen molar-refractivity contribution in [1.29, 1.82) is 0 Å². The van der Waals surface area contributed by atoms with Gasteiger partial charge >= 0.3 is 0 Å². The Balaban J connectivity index is 2.03. The van der Waals surface area contributed by atoms with Crippen molar-refractivity contribution in [1.82, 2.24) is 15.1 Å². The second kappa shape index (κ2) is 5.60. The summed E-state index contributed by atoms with van der Waals surface area (Å²) in [6.45, 7) is 4.07. The van der Waals surface area contributed by atoms with Crippen LogP contribution in [0.15, 0.2) is 27.2 Å². The highest BCUT2D eigenvalue weighted by atomic mass is 16.4.